The molecule has 0 fully saturated rings. The molecular weight excluding hydrogens is 167 g/mol. The van der Waals surface area contributed by atoms with E-state index in [4.69, 9.17) is 10.0 Å². The van der Waals surface area contributed by atoms with Gasteiger partial charge in [0.2, 0.25) is 0 Å². The predicted octanol–water partition coefficient (Wildman–Crippen LogP) is -0.677. The van der Waals surface area contributed by atoms with Crippen molar-refractivity contribution in [3.05, 3.63) is 30.2 Å². The number of nitrogens with zero attached hydrogens (tertiary/aromatic N) is 2. The van der Waals surface area contributed by atoms with Crippen molar-refractivity contribution in [1.29, 1.82) is 0 Å². The molecule has 4 nitrogen and oxygen atoms in total. The van der Waals surface area contributed by atoms with Crippen molar-refractivity contribution in [3.8, 4) is 0 Å². The Morgan fingerprint density at radius 1 is 1.46 bits per heavy atom. The maximum absolute atomic E-state index is 8.91. The molecule has 0 saturated heterocycles. The van der Waals surface area contributed by atoms with Crippen LogP contribution in [0.5, 0.6) is 0 Å². The Labute approximate surface area is 75.6 Å². The van der Waals surface area contributed by atoms with E-state index in [9.17, 15) is 0 Å². The summed E-state index contributed by atoms with van der Waals surface area (Å²) in [6.45, 7) is 1.94. The molecule has 5 heteroatoms. The van der Waals surface area contributed by atoms with Gasteiger partial charge >= 0.3 is 7.12 Å². The smallest absolute Gasteiger partial charge is 0.423 e. The number of aromatic nitrogens is 2. The topological polar surface area (TPSA) is 57.8 Å². The van der Waals surface area contributed by atoms with Gasteiger partial charge < -0.3 is 14.4 Å². The van der Waals surface area contributed by atoms with Gasteiger partial charge in [-0.3, -0.25) is 0 Å². The normalized spacial score (nSPS) is 10.7. The van der Waals surface area contributed by atoms with Crippen LogP contribution in [0, 0.1) is 6.92 Å². The van der Waals surface area contributed by atoms with E-state index in [2.05, 4.69) is 4.98 Å². The molecule has 0 amide bonds. The van der Waals surface area contributed by atoms with Crippen LogP contribution in [0.15, 0.2) is 24.5 Å². The Hall–Kier alpha value is -1.33. The molecular formula is C8H9BN2O2. The summed E-state index contributed by atoms with van der Waals surface area (Å²) in [6, 6.07) is 3.31. The lowest BCUT2D eigenvalue weighted by molar-refractivity contribution is 0.426. The number of hydrogen-bond donors (Lipinski definition) is 2. The number of pyridine rings is 1. The predicted molar refractivity (Wildman–Crippen MR) is 49.8 cm³/mol. The summed E-state index contributed by atoms with van der Waals surface area (Å²) in [7, 11) is -1.43. The fourth-order valence-electron chi connectivity index (χ4n) is 1.28. The Balaban J connectivity index is 2.63. The molecule has 2 aromatic heterocycles. The van der Waals surface area contributed by atoms with Crippen LogP contribution < -0.4 is 5.46 Å². The first-order chi connectivity index (χ1) is 6.18. The van der Waals surface area contributed by atoms with Gasteiger partial charge in [0.05, 0.1) is 0 Å². The first-order valence-corrected chi connectivity index (χ1v) is 3.98. The number of aryl methyl sites for hydroxylation is 1. The highest BCUT2D eigenvalue weighted by molar-refractivity contribution is 6.58. The lowest BCUT2D eigenvalue weighted by Crippen LogP contribution is -2.29. The highest BCUT2D eigenvalue weighted by Crippen LogP contribution is 2.02. The number of imidazole rings is 1. The Morgan fingerprint density at radius 2 is 2.23 bits per heavy atom. The van der Waals surface area contributed by atoms with Crippen LogP contribution in [0.3, 0.4) is 0 Å². The second kappa shape index (κ2) is 2.87. The second-order valence-electron chi connectivity index (χ2n) is 2.96. The summed E-state index contributed by atoms with van der Waals surface area (Å²) >= 11 is 0. The lowest BCUT2D eigenvalue weighted by atomic mass is 9.81. The van der Waals surface area contributed by atoms with Gasteiger partial charge in [0.15, 0.2) is 0 Å². The molecule has 2 N–H and O–H groups in total. The zero-order valence-corrected chi connectivity index (χ0v) is 7.18. The van der Waals surface area contributed by atoms with E-state index in [0.29, 0.717) is 5.46 Å². The summed E-state index contributed by atoms with van der Waals surface area (Å²) in [5.74, 6) is 0. The number of hydrogen-bond acceptors (Lipinski definition) is 3. The largest absolute Gasteiger partial charge is 0.488 e. The molecule has 0 spiro atoms. The maximum Gasteiger partial charge on any atom is 0.488 e. The van der Waals surface area contributed by atoms with E-state index in [1.165, 1.54) is 0 Å². The van der Waals surface area contributed by atoms with Crippen molar-refractivity contribution in [3.63, 3.8) is 0 Å². The van der Waals surface area contributed by atoms with E-state index < -0.39 is 7.12 Å². The molecule has 0 bridgehead atoms. The molecule has 66 valence electrons. The van der Waals surface area contributed by atoms with Crippen LogP contribution in [-0.2, 0) is 0 Å². The summed E-state index contributed by atoms with van der Waals surface area (Å²) in [5.41, 5.74) is 2.20. The van der Waals surface area contributed by atoms with E-state index in [0.717, 1.165) is 11.3 Å². The van der Waals surface area contributed by atoms with E-state index >= 15 is 0 Å². The van der Waals surface area contributed by atoms with Gasteiger partial charge in [0.1, 0.15) is 5.65 Å². The number of fused-ring (bicyclic) bond motifs is 1. The lowest BCUT2D eigenvalue weighted by Gasteiger charge is -2.00. The molecule has 0 saturated carbocycles. The van der Waals surface area contributed by atoms with Crippen LogP contribution in [0.25, 0.3) is 5.65 Å². The van der Waals surface area contributed by atoms with E-state index in [1.54, 1.807) is 24.5 Å². The molecule has 13 heavy (non-hydrogen) atoms. The van der Waals surface area contributed by atoms with Crippen molar-refractivity contribution >= 4 is 18.2 Å². The second-order valence-corrected chi connectivity index (χ2v) is 2.96. The summed E-state index contributed by atoms with van der Waals surface area (Å²) in [5, 5.41) is 17.8. The molecule has 0 aromatic carbocycles. The first kappa shape index (κ1) is 8.28. The standard InChI is InChI=1S/C8H9BN2O2/c1-6-5-10-8-4-7(9(12)13)2-3-11(6)8/h2-5,12-13H,1H3. The zero-order chi connectivity index (χ0) is 9.42. The fourth-order valence-corrected chi connectivity index (χ4v) is 1.28. The van der Waals surface area contributed by atoms with Crippen molar-refractivity contribution in [2.75, 3.05) is 0 Å². The zero-order valence-electron chi connectivity index (χ0n) is 7.18. The molecule has 0 aliphatic rings. The van der Waals surface area contributed by atoms with Gasteiger partial charge in [-0.05, 0) is 24.5 Å². The fraction of sp³-hybridized carbons (Fsp3) is 0.125. The third-order valence-electron chi connectivity index (χ3n) is 2.02. The summed E-state index contributed by atoms with van der Waals surface area (Å²) < 4.78 is 1.88. The van der Waals surface area contributed by atoms with Crippen molar-refractivity contribution < 1.29 is 10.0 Å². The third-order valence-corrected chi connectivity index (χ3v) is 2.02. The van der Waals surface area contributed by atoms with Crippen LogP contribution in [0.1, 0.15) is 5.69 Å². The molecule has 0 atom stereocenters. The molecule has 2 rings (SSSR count). The van der Waals surface area contributed by atoms with Gasteiger partial charge in [-0.15, -0.1) is 0 Å². The van der Waals surface area contributed by atoms with Crippen molar-refractivity contribution in [1.82, 2.24) is 9.38 Å². The summed E-state index contributed by atoms with van der Waals surface area (Å²) in [6.07, 6.45) is 3.51. The Morgan fingerprint density at radius 3 is 2.92 bits per heavy atom. The summed E-state index contributed by atoms with van der Waals surface area (Å²) in [4.78, 5) is 4.10. The molecule has 2 heterocycles. The third kappa shape index (κ3) is 1.32. The average molecular weight is 176 g/mol. The highest BCUT2D eigenvalue weighted by atomic mass is 16.4. The van der Waals surface area contributed by atoms with Gasteiger partial charge in [0, 0.05) is 18.1 Å². The monoisotopic (exact) mass is 176 g/mol. The molecule has 0 aliphatic heterocycles. The molecule has 2 aromatic rings. The van der Waals surface area contributed by atoms with E-state index in [-0.39, 0.29) is 0 Å². The van der Waals surface area contributed by atoms with Gasteiger partial charge in [-0.1, -0.05) is 0 Å². The van der Waals surface area contributed by atoms with Crippen molar-refractivity contribution in [2.24, 2.45) is 0 Å². The van der Waals surface area contributed by atoms with Crippen LogP contribution in [0.2, 0.25) is 0 Å². The van der Waals surface area contributed by atoms with Crippen LogP contribution in [-0.4, -0.2) is 26.6 Å². The SMILES string of the molecule is Cc1cnc2cc(B(O)O)ccn12. The van der Waals surface area contributed by atoms with Crippen LogP contribution >= 0.6 is 0 Å². The van der Waals surface area contributed by atoms with Crippen LogP contribution in [0.4, 0.5) is 0 Å². The van der Waals surface area contributed by atoms with Gasteiger partial charge in [-0.25, -0.2) is 4.98 Å². The van der Waals surface area contributed by atoms with E-state index in [1.807, 2.05) is 11.3 Å². The Kier molecular flexibility index (Phi) is 1.83. The van der Waals surface area contributed by atoms with Gasteiger partial charge in [0.25, 0.3) is 0 Å². The quantitative estimate of drug-likeness (QED) is 0.566. The Bertz CT molecular complexity index is 439. The molecule has 0 aliphatic carbocycles. The number of rotatable bonds is 1. The highest BCUT2D eigenvalue weighted by Gasteiger charge is 2.11. The molecule has 0 unspecified atom stereocenters. The van der Waals surface area contributed by atoms with Gasteiger partial charge in [-0.2, -0.15) is 0 Å². The minimum Gasteiger partial charge on any atom is -0.423 e. The van der Waals surface area contributed by atoms with Crippen molar-refractivity contribution in [2.45, 2.75) is 6.92 Å². The maximum atomic E-state index is 8.91. The average Bonchev–Trinajstić information content (AvgIpc) is 2.47. The molecule has 0 radical (unpaired) electrons. The minimum atomic E-state index is -1.43. The minimum absolute atomic E-state index is 0.457. The first-order valence-electron chi connectivity index (χ1n) is 3.98.